The first-order valence-electron chi connectivity index (χ1n) is 8.53. The zero-order valence-corrected chi connectivity index (χ0v) is 16.2. The highest BCUT2D eigenvalue weighted by atomic mass is 32.2. The number of alkyl halides is 3. The molecule has 2 heterocycles. The van der Waals surface area contributed by atoms with Crippen LogP contribution in [0.25, 0.3) is 22.4 Å². The molecule has 4 rings (SSSR count). The lowest BCUT2D eigenvalue weighted by Gasteiger charge is -2.08. The molecular weight excluding hydrogens is 421 g/mol. The fourth-order valence-electron chi connectivity index (χ4n) is 2.68. The second-order valence-corrected chi connectivity index (χ2v) is 7.19. The Morgan fingerprint density at radius 2 is 1.83 bits per heavy atom. The molecule has 0 saturated carbocycles. The Hall–Kier alpha value is -3.41. The van der Waals surface area contributed by atoms with E-state index in [1.165, 1.54) is 12.1 Å². The number of hydrogen-bond donors (Lipinski definition) is 1. The van der Waals surface area contributed by atoms with Crippen LogP contribution in [0, 0.1) is 0 Å². The summed E-state index contributed by atoms with van der Waals surface area (Å²) in [4.78, 5) is 12.1. The molecule has 1 N–H and O–H groups in total. The van der Waals surface area contributed by atoms with Crippen molar-refractivity contribution in [2.45, 2.75) is 11.3 Å². The summed E-state index contributed by atoms with van der Waals surface area (Å²) in [7, 11) is 1.76. The van der Waals surface area contributed by atoms with Gasteiger partial charge in [-0.3, -0.25) is 4.79 Å². The van der Waals surface area contributed by atoms with Gasteiger partial charge in [0.25, 0.3) is 0 Å². The first-order chi connectivity index (χ1) is 14.3. The smallest absolute Gasteiger partial charge is 0.325 e. The van der Waals surface area contributed by atoms with Crippen LogP contribution in [0.15, 0.2) is 52.3 Å². The molecule has 0 fully saturated rings. The minimum Gasteiger partial charge on any atom is -0.325 e. The minimum absolute atomic E-state index is 0.0131. The number of nitrogens with zero attached hydrogens (tertiary/aromatic N) is 5. The van der Waals surface area contributed by atoms with E-state index in [-0.39, 0.29) is 17.3 Å². The molecular formula is C18H13F3N6O2S. The van der Waals surface area contributed by atoms with Crippen LogP contribution in [0.2, 0.25) is 0 Å². The Kier molecular flexibility index (Phi) is 5.16. The lowest BCUT2D eigenvalue weighted by Crippen LogP contribution is -2.14. The van der Waals surface area contributed by atoms with Crippen LogP contribution in [0.1, 0.15) is 5.56 Å². The molecule has 8 nitrogen and oxygen atoms in total. The van der Waals surface area contributed by atoms with Gasteiger partial charge in [-0.1, -0.05) is 11.8 Å². The molecule has 12 heteroatoms. The number of anilines is 1. The SMILES string of the molecule is Cn1c(SCC(=O)Nc2ccc(C(F)(F)F)cc2)nnc1-c1ccc2nonc2c1. The van der Waals surface area contributed by atoms with Crippen LogP contribution in [0.4, 0.5) is 18.9 Å². The molecule has 0 aliphatic heterocycles. The van der Waals surface area contributed by atoms with E-state index in [9.17, 15) is 18.0 Å². The van der Waals surface area contributed by atoms with Crippen molar-refractivity contribution in [2.75, 3.05) is 11.1 Å². The highest BCUT2D eigenvalue weighted by Crippen LogP contribution is 2.30. The zero-order valence-electron chi connectivity index (χ0n) is 15.3. The van der Waals surface area contributed by atoms with Crippen LogP contribution in [0.5, 0.6) is 0 Å². The van der Waals surface area contributed by atoms with Gasteiger partial charge in [0.1, 0.15) is 11.0 Å². The van der Waals surface area contributed by atoms with Gasteiger partial charge in [-0.05, 0) is 52.8 Å². The van der Waals surface area contributed by atoms with Crippen LogP contribution in [0.3, 0.4) is 0 Å². The van der Waals surface area contributed by atoms with E-state index in [0.29, 0.717) is 22.0 Å². The number of thioether (sulfide) groups is 1. The molecule has 0 spiro atoms. The molecule has 0 aliphatic carbocycles. The third-order valence-corrected chi connectivity index (χ3v) is 5.20. The quantitative estimate of drug-likeness (QED) is 0.478. The highest BCUT2D eigenvalue weighted by Gasteiger charge is 2.30. The van der Waals surface area contributed by atoms with Crippen molar-refractivity contribution in [3.05, 3.63) is 48.0 Å². The van der Waals surface area contributed by atoms with Gasteiger partial charge in [0.15, 0.2) is 11.0 Å². The lowest BCUT2D eigenvalue weighted by molar-refractivity contribution is -0.137. The van der Waals surface area contributed by atoms with Gasteiger partial charge in [0.2, 0.25) is 5.91 Å². The number of hydrogen-bond acceptors (Lipinski definition) is 7. The normalized spacial score (nSPS) is 11.7. The zero-order chi connectivity index (χ0) is 21.3. The van der Waals surface area contributed by atoms with Crippen molar-refractivity contribution >= 4 is 34.4 Å². The van der Waals surface area contributed by atoms with Crippen LogP contribution >= 0.6 is 11.8 Å². The number of aromatic nitrogens is 5. The molecule has 0 saturated heterocycles. The predicted octanol–water partition coefficient (Wildman–Crippen LogP) is 3.77. The molecule has 0 atom stereocenters. The maximum atomic E-state index is 12.6. The van der Waals surface area contributed by atoms with E-state index in [4.69, 9.17) is 0 Å². The third-order valence-electron chi connectivity index (χ3n) is 4.18. The van der Waals surface area contributed by atoms with Crippen molar-refractivity contribution in [2.24, 2.45) is 7.05 Å². The molecule has 4 aromatic rings. The van der Waals surface area contributed by atoms with Crippen LogP contribution < -0.4 is 5.32 Å². The summed E-state index contributed by atoms with van der Waals surface area (Å²) in [6, 6.07) is 9.57. The summed E-state index contributed by atoms with van der Waals surface area (Å²) in [6.45, 7) is 0. The van der Waals surface area contributed by atoms with Crippen molar-refractivity contribution in [1.29, 1.82) is 0 Å². The third kappa shape index (κ3) is 4.13. The number of nitrogens with one attached hydrogen (secondary N) is 1. The molecule has 1 amide bonds. The van der Waals surface area contributed by atoms with E-state index in [0.717, 1.165) is 29.5 Å². The second-order valence-electron chi connectivity index (χ2n) is 6.24. The molecule has 30 heavy (non-hydrogen) atoms. The molecule has 2 aromatic carbocycles. The van der Waals surface area contributed by atoms with E-state index < -0.39 is 11.7 Å². The highest BCUT2D eigenvalue weighted by molar-refractivity contribution is 7.99. The van der Waals surface area contributed by atoms with E-state index in [2.05, 4.69) is 30.5 Å². The Balaban J connectivity index is 1.40. The summed E-state index contributed by atoms with van der Waals surface area (Å²) >= 11 is 1.15. The average Bonchev–Trinajstić information content (AvgIpc) is 3.32. The van der Waals surface area contributed by atoms with Gasteiger partial charge in [-0.15, -0.1) is 10.2 Å². The molecule has 0 unspecified atom stereocenters. The van der Waals surface area contributed by atoms with Crippen molar-refractivity contribution in [3.8, 4) is 11.4 Å². The number of rotatable bonds is 5. The van der Waals surface area contributed by atoms with Crippen LogP contribution in [-0.4, -0.2) is 36.7 Å². The molecule has 0 aliphatic rings. The maximum absolute atomic E-state index is 12.6. The Bertz CT molecular complexity index is 1200. The minimum atomic E-state index is -4.42. The summed E-state index contributed by atoms with van der Waals surface area (Å²) in [5.41, 5.74) is 1.47. The Morgan fingerprint density at radius 1 is 1.10 bits per heavy atom. The number of halogens is 3. The van der Waals surface area contributed by atoms with Crippen molar-refractivity contribution in [1.82, 2.24) is 25.1 Å². The largest absolute Gasteiger partial charge is 0.416 e. The number of carbonyl (C=O) groups excluding carboxylic acids is 1. The van der Waals surface area contributed by atoms with E-state index in [1.807, 2.05) is 6.07 Å². The number of amides is 1. The Morgan fingerprint density at radius 3 is 2.57 bits per heavy atom. The molecule has 0 radical (unpaired) electrons. The number of carbonyl (C=O) groups is 1. The first kappa shape index (κ1) is 19.9. The lowest BCUT2D eigenvalue weighted by atomic mass is 10.2. The van der Waals surface area contributed by atoms with Gasteiger partial charge in [0, 0.05) is 18.3 Å². The maximum Gasteiger partial charge on any atom is 0.416 e. The Labute approximate surface area is 171 Å². The topological polar surface area (TPSA) is 98.7 Å². The van der Waals surface area contributed by atoms with Gasteiger partial charge in [0.05, 0.1) is 11.3 Å². The average molecular weight is 434 g/mol. The van der Waals surface area contributed by atoms with Gasteiger partial charge in [-0.2, -0.15) is 13.2 Å². The molecule has 0 bridgehead atoms. The fourth-order valence-corrected chi connectivity index (χ4v) is 3.39. The first-order valence-corrected chi connectivity index (χ1v) is 9.52. The van der Waals surface area contributed by atoms with Crippen molar-refractivity contribution in [3.63, 3.8) is 0 Å². The molecule has 154 valence electrons. The van der Waals surface area contributed by atoms with Gasteiger partial charge < -0.3 is 9.88 Å². The summed E-state index contributed by atoms with van der Waals surface area (Å²) in [6.07, 6.45) is -4.42. The van der Waals surface area contributed by atoms with Gasteiger partial charge in [-0.25, -0.2) is 4.63 Å². The van der Waals surface area contributed by atoms with Gasteiger partial charge >= 0.3 is 6.18 Å². The standard InChI is InChI=1S/C18H13F3N6O2S/c1-27-16(10-2-7-13-14(8-10)26-29-25-13)23-24-17(27)30-9-15(28)22-12-5-3-11(4-6-12)18(19,20)21/h2-8H,9H2,1H3,(H,22,28). The molecule has 2 aromatic heterocycles. The number of benzene rings is 2. The second kappa shape index (κ2) is 7.78. The summed E-state index contributed by atoms with van der Waals surface area (Å²) < 4.78 is 44.2. The van der Waals surface area contributed by atoms with Crippen LogP contribution in [-0.2, 0) is 18.0 Å². The fraction of sp³-hybridized carbons (Fsp3) is 0.167. The number of fused-ring (bicyclic) bond motifs is 1. The summed E-state index contributed by atoms with van der Waals surface area (Å²) in [5.74, 6) is 0.212. The summed E-state index contributed by atoms with van der Waals surface area (Å²) in [5, 5.41) is 18.8. The van der Waals surface area contributed by atoms with E-state index in [1.54, 1.807) is 23.7 Å². The van der Waals surface area contributed by atoms with Crippen molar-refractivity contribution < 1.29 is 22.6 Å². The predicted molar refractivity (Wildman–Crippen MR) is 103 cm³/mol. The monoisotopic (exact) mass is 434 g/mol. The van der Waals surface area contributed by atoms with E-state index >= 15 is 0 Å².